The largest absolute Gasteiger partial charge is 0.341 e. The highest BCUT2D eigenvalue weighted by atomic mass is 16.2. The van der Waals surface area contributed by atoms with Gasteiger partial charge in [-0.3, -0.25) is 4.79 Å². The molecule has 1 heterocycles. The second-order valence-corrected chi connectivity index (χ2v) is 4.15. The summed E-state index contributed by atoms with van der Waals surface area (Å²) in [6.45, 7) is 5.29. The zero-order valence-electron chi connectivity index (χ0n) is 9.05. The fourth-order valence-electron chi connectivity index (χ4n) is 1.72. The van der Waals surface area contributed by atoms with E-state index in [1.165, 1.54) is 6.42 Å². The van der Waals surface area contributed by atoms with Crippen molar-refractivity contribution in [2.45, 2.75) is 39.5 Å². The van der Waals surface area contributed by atoms with Crippen LogP contribution in [-0.4, -0.2) is 23.9 Å². The van der Waals surface area contributed by atoms with Gasteiger partial charge in [-0.2, -0.15) is 5.26 Å². The van der Waals surface area contributed by atoms with Crippen molar-refractivity contribution < 1.29 is 4.79 Å². The van der Waals surface area contributed by atoms with Gasteiger partial charge in [0.1, 0.15) is 5.41 Å². The lowest BCUT2D eigenvalue weighted by Gasteiger charge is -2.32. The maximum Gasteiger partial charge on any atom is 0.242 e. The van der Waals surface area contributed by atoms with Gasteiger partial charge >= 0.3 is 0 Å². The van der Waals surface area contributed by atoms with E-state index in [2.05, 4.69) is 6.07 Å². The van der Waals surface area contributed by atoms with Gasteiger partial charge in [0.2, 0.25) is 5.91 Å². The molecule has 78 valence electrons. The molecule has 0 aromatic heterocycles. The summed E-state index contributed by atoms with van der Waals surface area (Å²) in [4.78, 5) is 13.8. The quantitative estimate of drug-likeness (QED) is 0.674. The maximum atomic E-state index is 12.0. The molecule has 1 aliphatic heterocycles. The lowest BCUT2D eigenvalue weighted by Crippen LogP contribution is -2.44. The van der Waals surface area contributed by atoms with Gasteiger partial charge in [0.05, 0.1) is 6.07 Å². The number of carbonyl (C=O) groups is 1. The molecule has 14 heavy (non-hydrogen) atoms. The highest BCUT2D eigenvalue weighted by Gasteiger charge is 2.35. The van der Waals surface area contributed by atoms with E-state index >= 15 is 0 Å². The minimum absolute atomic E-state index is 0.0159. The van der Waals surface area contributed by atoms with E-state index < -0.39 is 5.41 Å². The van der Waals surface area contributed by atoms with E-state index in [4.69, 9.17) is 5.26 Å². The van der Waals surface area contributed by atoms with E-state index in [1.54, 1.807) is 6.92 Å². The van der Waals surface area contributed by atoms with Crippen LogP contribution < -0.4 is 0 Å². The fraction of sp³-hybridized carbons (Fsp3) is 0.818. The molecule has 1 fully saturated rings. The van der Waals surface area contributed by atoms with Crippen molar-refractivity contribution in [3.63, 3.8) is 0 Å². The number of piperidine rings is 1. The van der Waals surface area contributed by atoms with Crippen molar-refractivity contribution in [2.75, 3.05) is 13.1 Å². The van der Waals surface area contributed by atoms with Gasteiger partial charge in [0, 0.05) is 13.1 Å². The number of amides is 1. The van der Waals surface area contributed by atoms with Gasteiger partial charge in [0.15, 0.2) is 0 Å². The number of likely N-dealkylation sites (tertiary alicyclic amines) is 1. The molecule has 1 atom stereocenters. The van der Waals surface area contributed by atoms with Crippen LogP contribution in [0.1, 0.15) is 39.5 Å². The Morgan fingerprint density at radius 1 is 1.43 bits per heavy atom. The summed E-state index contributed by atoms with van der Waals surface area (Å²) in [6.07, 6.45) is 3.96. The normalized spacial score (nSPS) is 21.1. The van der Waals surface area contributed by atoms with Gasteiger partial charge in [-0.15, -0.1) is 0 Å². The molecular weight excluding hydrogens is 176 g/mol. The first-order valence-electron chi connectivity index (χ1n) is 5.34. The Morgan fingerprint density at radius 2 is 2.00 bits per heavy atom. The highest BCUT2D eigenvalue weighted by molar-refractivity contribution is 5.85. The van der Waals surface area contributed by atoms with Gasteiger partial charge in [-0.1, -0.05) is 6.92 Å². The predicted molar refractivity (Wildman–Crippen MR) is 54.4 cm³/mol. The van der Waals surface area contributed by atoms with Crippen molar-refractivity contribution in [2.24, 2.45) is 5.41 Å². The van der Waals surface area contributed by atoms with Gasteiger partial charge in [-0.05, 0) is 32.6 Å². The van der Waals surface area contributed by atoms with E-state index in [-0.39, 0.29) is 5.91 Å². The SMILES string of the molecule is CCC(C)(C#N)C(=O)N1CCCCC1. The smallest absolute Gasteiger partial charge is 0.242 e. The minimum Gasteiger partial charge on any atom is -0.341 e. The number of nitriles is 1. The molecule has 0 radical (unpaired) electrons. The molecule has 1 aliphatic rings. The van der Waals surface area contributed by atoms with Crippen LogP contribution >= 0.6 is 0 Å². The summed E-state index contributed by atoms with van der Waals surface area (Å²) in [5, 5.41) is 8.99. The van der Waals surface area contributed by atoms with Crippen molar-refractivity contribution in [3.8, 4) is 6.07 Å². The van der Waals surface area contributed by atoms with E-state index in [0.29, 0.717) is 6.42 Å². The first-order chi connectivity index (χ1) is 6.64. The Hall–Kier alpha value is -1.04. The van der Waals surface area contributed by atoms with Crippen LogP contribution in [0, 0.1) is 16.7 Å². The van der Waals surface area contributed by atoms with Crippen molar-refractivity contribution >= 4 is 5.91 Å². The van der Waals surface area contributed by atoms with Crippen LogP contribution in [-0.2, 0) is 4.79 Å². The first-order valence-corrected chi connectivity index (χ1v) is 5.34. The lowest BCUT2D eigenvalue weighted by molar-refractivity contribution is -0.139. The third-order valence-corrected chi connectivity index (χ3v) is 3.07. The van der Waals surface area contributed by atoms with Crippen LogP contribution in [0.2, 0.25) is 0 Å². The maximum absolute atomic E-state index is 12.0. The first kappa shape index (κ1) is 11.0. The molecule has 0 aromatic rings. The molecule has 0 spiro atoms. The third-order valence-electron chi connectivity index (χ3n) is 3.07. The zero-order valence-corrected chi connectivity index (χ0v) is 9.05. The van der Waals surface area contributed by atoms with Crippen LogP contribution in [0.4, 0.5) is 0 Å². The molecular formula is C11H18N2O. The van der Waals surface area contributed by atoms with Crippen molar-refractivity contribution in [3.05, 3.63) is 0 Å². The summed E-state index contributed by atoms with van der Waals surface area (Å²) in [7, 11) is 0. The van der Waals surface area contributed by atoms with Crippen molar-refractivity contribution in [1.29, 1.82) is 5.26 Å². The Morgan fingerprint density at radius 3 is 2.43 bits per heavy atom. The number of nitrogens with zero attached hydrogens (tertiary/aromatic N) is 2. The van der Waals surface area contributed by atoms with Crippen LogP contribution in [0.25, 0.3) is 0 Å². The Bertz CT molecular complexity index is 251. The molecule has 0 aromatic carbocycles. The number of rotatable bonds is 2. The summed E-state index contributed by atoms with van der Waals surface area (Å²) in [6, 6.07) is 2.13. The van der Waals surface area contributed by atoms with Gasteiger partial charge in [0.25, 0.3) is 0 Å². The lowest BCUT2D eigenvalue weighted by atomic mass is 9.87. The summed E-state index contributed by atoms with van der Waals surface area (Å²) in [5.41, 5.74) is -0.808. The topological polar surface area (TPSA) is 44.1 Å². The summed E-state index contributed by atoms with van der Waals surface area (Å²) < 4.78 is 0. The zero-order chi connectivity index (χ0) is 10.6. The molecule has 3 nitrogen and oxygen atoms in total. The monoisotopic (exact) mass is 194 g/mol. The second-order valence-electron chi connectivity index (χ2n) is 4.15. The molecule has 1 amide bonds. The second kappa shape index (κ2) is 4.45. The number of hydrogen-bond acceptors (Lipinski definition) is 2. The average molecular weight is 194 g/mol. The summed E-state index contributed by atoms with van der Waals surface area (Å²) in [5.74, 6) is 0.0159. The van der Waals surface area contributed by atoms with E-state index in [1.807, 2.05) is 11.8 Å². The highest BCUT2D eigenvalue weighted by Crippen LogP contribution is 2.24. The molecule has 1 saturated heterocycles. The van der Waals surface area contributed by atoms with E-state index in [0.717, 1.165) is 25.9 Å². The standard InChI is InChI=1S/C11H18N2O/c1-3-11(2,9-12)10(14)13-7-5-4-6-8-13/h3-8H2,1-2H3. The molecule has 0 aliphatic carbocycles. The Balaban J connectivity index is 2.67. The van der Waals surface area contributed by atoms with Crippen LogP contribution in [0.5, 0.6) is 0 Å². The Kier molecular flexibility index (Phi) is 3.51. The summed E-state index contributed by atoms with van der Waals surface area (Å²) >= 11 is 0. The minimum atomic E-state index is -0.808. The molecule has 0 saturated carbocycles. The Labute approximate surface area is 85.7 Å². The predicted octanol–water partition coefficient (Wildman–Crippen LogP) is 1.94. The van der Waals surface area contributed by atoms with Gasteiger partial charge in [-0.25, -0.2) is 0 Å². The number of hydrogen-bond donors (Lipinski definition) is 0. The van der Waals surface area contributed by atoms with E-state index in [9.17, 15) is 4.79 Å². The fourth-order valence-corrected chi connectivity index (χ4v) is 1.72. The third kappa shape index (κ3) is 2.06. The molecule has 0 N–H and O–H groups in total. The van der Waals surface area contributed by atoms with Crippen molar-refractivity contribution in [1.82, 2.24) is 4.90 Å². The van der Waals surface area contributed by atoms with Crippen LogP contribution in [0.15, 0.2) is 0 Å². The van der Waals surface area contributed by atoms with Gasteiger partial charge < -0.3 is 4.90 Å². The molecule has 1 unspecified atom stereocenters. The molecule has 0 bridgehead atoms. The molecule has 1 rings (SSSR count). The van der Waals surface area contributed by atoms with Crippen LogP contribution in [0.3, 0.4) is 0 Å². The molecule has 3 heteroatoms. The average Bonchev–Trinajstić information content (AvgIpc) is 2.28. The number of carbonyl (C=O) groups excluding carboxylic acids is 1.